The van der Waals surface area contributed by atoms with Gasteiger partial charge in [0.2, 0.25) is 11.8 Å². The van der Waals surface area contributed by atoms with E-state index < -0.39 is 48.2 Å². The Morgan fingerprint density at radius 3 is 2.56 bits per heavy atom. The van der Waals surface area contributed by atoms with Gasteiger partial charge in [-0.2, -0.15) is 0 Å². The molecule has 2 aliphatic heterocycles. The molecule has 2 heterocycles. The molecular formula is C25H26N4O7. The van der Waals surface area contributed by atoms with Gasteiger partial charge in [-0.05, 0) is 42.2 Å². The molecule has 0 bridgehead atoms. The summed E-state index contributed by atoms with van der Waals surface area (Å²) < 4.78 is 0. The number of amides is 4. The van der Waals surface area contributed by atoms with Crippen LogP contribution in [0, 0.1) is 0 Å². The molecule has 11 heteroatoms. The van der Waals surface area contributed by atoms with E-state index in [0.29, 0.717) is 18.3 Å². The van der Waals surface area contributed by atoms with E-state index >= 15 is 0 Å². The molecule has 0 aliphatic carbocycles. The summed E-state index contributed by atoms with van der Waals surface area (Å²) in [4.78, 5) is 74.5. The number of hydrogen-bond acceptors (Lipinski definition) is 6. The second-order valence-corrected chi connectivity index (χ2v) is 8.83. The number of carbonyl (C=O) groups excluding carboxylic acids is 5. The number of nitrogens with one attached hydrogen (secondary N) is 2. The molecule has 0 spiro atoms. The van der Waals surface area contributed by atoms with Crippen LogP contribution in [-0.4, -0.2) is 75.7 Å². The summed E-state index contributed by atoms with van der Waals surface area (Å²) in [5, 5.41) is 18.1. The first kappa shape index (κ1) is 24.8. The Morgan fingerprint density at radius 1 is 1.08 bits per heavy atom. The summed E-state index contributed by atoms with van der Waals surface area (Å²) in [6.45, 7) is 0.228. The van der Waals surface area contributed by atoms with Gasteiger partial charge in [0.15, 0.2) is 0 Å². The topological polar surface area (TPSA) is 153 Å². The van der Waals surface area contributed by atoms with Crippen LogP contribution in [-0.2, 0) is 24.0 Å². The van der Waals surface area contributed by atoms with Crippen molar-refractivity contribution in [3.05, 3.63) is 48.0 Å². The fourth-order valence-electron chi connectivity index (χ4n) is 4.58. The van der Waals surface area contributed by atoms with E-state index in [1.807, 2.05) is 24.3 Å². The maximum Gasteiger partial charge on any atom is 0.305 e. The van der Waals surface area contributed by atoms with E-state index in [1.165, 1.54) is 5.01 Å². The van der Waals surface area contributed by atoms with Gasteiger partial charge in [0.25, 0.3) is 11.8 Å². The second-order valence-electron chi connectivity index (χ2n) is 8.83. The predicted molar refractivity (Wildman–Crippen MR) is 126 cm³/mol. The van der Waals surface area contributed by atoms with Gasteiger partial charge in [0, 0.05) is 18.5 Å². The highest BCUT2D eigenvalue weighted by Crippen LogP contribution is 2.25. The third-order valence-corrected chi connectivity index (χ3v) is 6.37. The monoisotopic (exact) mass is 494 g/mol. The highest BCUT2D eigenvalue weighted by Gasteiger charge is 2.44. The molecule has 4 rings (SSSR count). The number of hydrogen-bond donors (Lipinski definition) is 3. The first-order valence-electron chi connectivity index (χ1n) is 11.7. The number of benzene rings is 2. The Hall–Kier alpha value is -4.28. The van der Waals surface area contributed by atoms with Crippen molar-refractivity contribution in [2.24, 2.45) is 0 Å². The minimum absolute atomic E-state index is 0.00474. The van der Waals surface area contributed by atoms with Crippen LogP contribution >= 0.6 is 0 Å². The van der Waals surface area contributed by atoms with Crippen LogP contribution in [0.2, 0.25) is 0 Å². The summed E-state index contributed by atoms with van der Waals surface area (Å²) in [7, 11) is 0. The van der Waals surface area contributed by atoms with Gasteiger partial charge in [-0.3, -0.25) is 29.0 Å². The number of hydrazine groups is 1. The van der Waals surface area contributed by atoms with Crippen molar-refractivity contribution in [3.8, 4) is 0 Å². The molecule has 3 N–H and O–H groups in total. The summed E-state index contributed by atoms with van der Waals surface area (Å²) >= 11 is 0. The van der Waals surface area contributed by atoms with Crippen LogP contribution in [0.5, 0.6) is 0 Å². The summed E-state index contributed by atoms with van der Waals surface area (Å²) in [6.07, 6.45) is 0.416. The Labute approximate surface area is 206 Å². The van der Waals surface area contributed by atoms with E-state index in [0.717, 1.165) is 15.8 Å². The van der Waals surface area contributed by atoms with E-state index in [9.17, 15) is 28.8 Å². The minimum Gasteiger partial charge on any atom is -0.481 e. The number of nitrogens with zero attached hydrogens (tertiary/aromatic N) is 2. The van der Waals surface area contributed by atoms with Crippen molar-refractivity contribution in [3.63, 3.8) is 0 Å². The average Bonchev–Trinajstić information content (AvgIpc) is 2.99. The van der Waals surface area contributed by atoms with Crippen LogP contribution in [0.15, 0.2) is 42.5 Å². The molecule has 0 radical (unpaired) electrons. The molecule has 3 atom stereocenters. The lowest BCUT2D eigenvalue weighted by Crippen LogP contribution is -2.64. The van der Waals surface area contributed by atoms with Gasteiger partial charge in [0.1, 0.15) is 18.4 Å². The van der Waals surface area contributed by atoms with Gasteiger partial charge in [-0.25, -0.2) is 5.01 Å². The van der Waals surface area contributed by atoms with E-state index in [-0.39, 0.29) is 31.7 Å². The fraction of sp³-hybridized carbons (Fsp3) is 0.360. The zero-order valence-corrected chi connectivity index (χ0v) is 19.4. The molecule has 0 aromatic heterocycles. The minimum atomic E-state index is -1.27. The van der Waals surface area contributed by atoms with Crippen molar-refractivity contribution in [2.45, 2.75) is 50.2 Å². The predicted octanol–water partition coefficient (Wildman–Crippen LogP) is 0.625. The van der Waals surface area contributed by atoms with Crippen LogP contribution in [0.25, 0.3) is 10.8 Å². The molecule has 11 nitrogen and oxygen atoms in total. The van der Waals surface area contributed by atoms with Crippen molar-refractivity contribution in [1.29, 1.82) is 0 Å². The van der Waals surface area contributed by atoms with Crippen LogP contribution in [0.4, 0.5) is 0 Å². The Kier molecular flexibility index (Phi) is 7.28. The standard InChI is InChI=1S/C25H26N4O7/c30-14-18(13-22(32)33)26-24(35)20-6-3-11-28-21(31)10-9-19(25(36)29(20)28)27-23(34)17-8-7-15-4-1-2-5-16(15)12-17/h1-2,4-5,7-8,12,14,18-20H,3,6,9-11,13H2,(H,26,35)(H,27,34)(H,32,33)/t18-,19-,20-/m0/s1. The molecule has 36 heavy (non-hydrogen) atoms. The SMILES string of the molecule is O=C[C@H](CC(=O)O)NC(=O)[C@@H]1CCCN2C(=O)CC[C@H](NC(=O)c3ccc4ccccc4c3)C(=O)N12. The summed E-state index contributed by atoms with van der Waals surface area (Å²) in [5.41, 5.74) is 0.351. The maximum atomic E-state index is 13.5. The molecule has 0 unspecified atom stereocenters. The maximum absolute atomic E-state index is 13.5. The number of fused-ring (bicyclic) bond motifs is 2. The summed E-state index contributed by atoms with van der Waals surface area (Å²) in [5.74, 6) is -3.46. The molecule has 0 saturated carbocycles. The molecule has 188 valence electrons. The third-order valence-electron chi connectivity index (χ3n) is 6.37. The second kappa shape index (κ2) is 10.5. The van der Waals surface area contributed by atoms with Gasteiger partial charge in [0.05, 0.1) is 12.5 Å². The lowest BCUT2D eigenvalue weighted by atomic mass is 10.0. The third kappa shape index (κ3) is 5.19. The Balaban J connectivity index is 1.54. The van der Waals surface area contributed by atoms with Gasteiger partial charge < -0.3 is 20.5 Å². The first-order chi connectivity index (χ1) is 17.3. The molecule has 4 amide bonds. The molecular weight excluding hydrogens is 468 g/mol. The van der Waals surface area contributed by atoms with Gasteiger partial charge in [-0.1, -0.05) is 30.3 Å². The van der Waals surface area contributed by atoms with E-state index in [4.69, 9.17) is 5.11 Å². The van der Waals surface area contributed by atoms with Crippen molar-refractivity contribution in [1.82, 2.24) is 20.7 Å². The number of carboxylic acid groups (broad SMARTS) is 1. The number of rotatable bonds is 7. The lowest BCUT2D eigenvalue weighted by molar-refractivity contribution is -0.176. The number of carboxylic acids is 1. The zero-order chi connectivity index (χ0) is 25.8. The highest BCUT2D eigenvalue weighted by molar-refractivity contribution is 6.02. The summed E-state index contributed by atoms with van der Waals surface area (Å²) in [6, 6.07) is 9.25. The normalized spacial score (nSPS) is 20.8. The van der Waals surface area contributed by atoms with Gasteiger partial charge in [-0.15, -0.1) is 0 Å². The van der Waals surface area contributed by atoms with E-state index in [1.54, 1.807) is 18.2 Å². The molecule has 2 saturated heterocycles. The van der Waals surface area contributed by atoms with Gasteiger partial charge >= 0.3 is 5.97 Å². The van der Waals surface area contributed by atoms with Crippen molar-refractivity contribution >= 4 is 46.7 Å². The number of aliphatic carboxylic acids is 1. The van der Waals surface area contributed by atoms with Crippen molar-refractivity contribution < 1.29 is 33.9 Å². The molecule has 2 fully saturated rings. The zero-order valence-electron chi connectivity index (χ0n) is 19.4. The van der Waals surface area contributed by atoms with Crippen LogP contribution < -0.4 is 10.6 Å². The Morgan fingerprint density at radius 2 is 1.83 bits per heavy atom. The molecule has 2 aromatic carbocycles. The van der Waals surface area contributed by atoms with Crippen molar-refractivity contribution in [2.75, 3.05) is 6.54 Å². The van der Waals surface area contributed by atoms with Crippen LogP contribution in [0.1, 0.15) is 42.5 Å². The first-order valence-corrected chi connectivity index (χ1v) is 11.7. The lowest BCUT2D eigenvalue weighted by Gasteiger charge is -2.43. The average molecular weight is 495 g/mol. The molecule has 2 aliphatic rings. The number of carbonyl (C=O) groups is 6. The quantitative estimate of drug-likeness (QED) is 0.477. The fourth-order valence-corrected chi connectivity index (χ4v) is 4.58. The van der Waals surface area contributed by atoms with E-state index in [2.05, 4.69) is 10.6 Å². The largest absolute Gasteiger partial charge is 0.481 e. The smallest absolute Gasteiger partial charge is 0.305 e. The van der Waals surface area contributed by atoms with Crippen LogP contribution in [0.3, 0.4) is 0 Å². The molecule has 2 aromatic rings. The Bertz CT molecular complexity index is 1230. The highest BCUT2D eigenvalue weighted by atomic mass is 16.4. The number of aldehydes is 1.